The summed E-state index contributed by atoms with van der Waals surface area (Å²) in [5.74, 6) is -1.75. The van der Waals surface area contributed by atoms with Gasteiger partial charge in [0.05, 0.1) is 0 Å². The lowest BCUT2D eigenvalue weighted by atomic mass is 10.0. The quantitative estimate of drug-likeness (QED) is 0.768. The minimum absolute atomic E-state index is 0.671. The first-order chi connectivity index (χ1) is 7.11. The molecule has 0 fully saturated rings. The van der Waals surface area contributed by atoms with Crippen molar-refractivity contribution < 1.29 is 31.4 Å². The highest BCUT2D eigenvalue weighted by atomic mass is 19.4. The first-order valence-corrected chi connectivity index (χ1v) is 3.74. The van der Waals surface area contributed by atoms with Gasteiger partial charge in [0.15, 0.2) is 5.82 Å². The lowest BCUT2D eigenvalue weighted by Crippen LogP contribution is -2.54. The Morgan fingerprint density at radius 3 is 1.56 bits per heavy atom. The largest absolute Gasteiger partial charge is 0.433 e. The molecule has 0 aliphatic carbocycles. The zero-order valence-electron chi connectivity index (χ0n) is 7.34. The average molecular weight is 246 g/mol. The number of halogens is 6. The summed E-state index contributed by atoms with van der Waals surface area (Å²) in [7, 11) is 0. The van der Waals surface area contributed by atoms with Crippen LogP contribution in [0.4, 0.5) is 26.3 Å². The normalized spacial score (nSPS) is 13.9. The van der Waals surface area contributed by atoms with Gasteiger partial charge < -0.3 is 5.11 Å². The molecule has 1 rings (SSSR count). The van der Waals surface area contributed by atoms with E-state index in [9.17, 15) is 26.3 Å². The van der Waals surface area contributed by atoms with E-state index in [1.54, 1.807) is 0 Å². The first kappa shape index (κ1) is 12.7. The van der Waals surface area contributed by atoms with E-state index in [2.05, 4.69) is 9.97 Å². The van der Waals surface area contributed by atoms with Crippen LogP contribution in [0.15, 0.2) is 18.5 Å². The summed E-state index contributed by atoms with van der Waals surface area (Å²) in [4.78, 5) is 5.57. The van der Waals surface area contributed by atoms with Crippen molar-refractivity contribution in [2.45, 2.75) is 18.0 Å². The molecule has 0 radical (unpaired) electrons. The van der Waals surface area contributed by atoms with Crippen molar-refractivity contribution in [3.8, 4) is 0 Å². The Balaban J connectivity index is 3.39. The molecule has 1 aromatic rings. The molecule has 0 saturated carbocycles. The topological polar surface area (TPSA) is 46.0 Å². The fourth-order valence-corrected chi connectivity index (χ4v) is 0.900. The standard InChI is InChI=1S/C7H4F6N2O/c8-6(9,10)5(16,7(11,12)13)4-14-2-1-3-15-4/h1-3,16H. The lowest BCUT2D eigenvalue weighted by molar-refractivity contribution is -0.378. The Hall–Kier alpha value is -1.38. The molecule has 0 bridgehead atoms. The zero-order valence-corrected chi connectivity index (χ0v) is 7.34. The predicted molar refractivity (Wildman–Crippen MR) is 38.0 cm³/mol. The molecule has 0 aliphatic heterocycles. The summed E-state index contributed by atoms with van der Waals surface area (Å²) < 4.78 is 73.4. The third kappa shape index (κ3) is 1.82. The van der Waals surface area contributed by atoms with Crippen LogP contribution in [0.1, 0.15) is 5.82 Å². The molecule has 0 aromatic carbocycles. The maximum absolute atomic E-state index is 12.2. The van der Waals surface area contributed by atoms with Crippen LogP contribution >= 0.6 is 0 Å². The molecule has 16 heavy (non-hydrogen) atoms. The second-order valence-electron chi connectivity index (χ2n) is 2.78. The number of aliphatic hydroxyl groups is 1. The highest BCUT2D eigenvalue weighted by Gasteiger charge is 2.73. The van der Waals surface area contributed by atoms with Gasteiger partial charge in [-0.15, -0.1) is 0 Å². The molecule has 0 spiro atoms. The van der Waals surface area contributed by atoms with Crippen molar-refractivity contribution in [2.75, 3.05) is 0 Å². The van der Waals surface area contributed by atoms with Gasteiger partial charge >= 0.3 is 18.0 Å². The Morgan fingerprint density at radius 1 is 0.875 bits per heavy atom. The molecule has 0 saturated heterocycles. The van der Waals surface area contributed by atoms with Gasteiger partial charge in [-0.05, 0) is 6.07 Å². The maximum atomic E-state index is 12.2. The van der Waals surface area contributed by atoms with Crippen molar-refractivity contribution in [3.05, 3.63) is 24.3 Å². The van der Waals surface area contributed by atoms with Gasteiger partial charge in [-0.25, -0.2) is 9.97 Å². The highest BCUT2D eigenvalue weighted by Crippen LogP contribution is 2.48. The summed E-state index contributed by atoms with van der Waals surface area (Å²) >= 11 is 0. The van der Waals surface area contributed by atoms with Crippen LogP contribution in [0.25, 0.3) is 0 Å². The van der Waals surface area contributed by atoms with Crippen LogP contribution in [-0.2, 0) is 5.60 Å². The summed E-state index contributed by atoms with van der Waals surface area (Å²) in [6, 6.07) is 1.02. The molecule has 1 aromatic heterocycles. The second-order valence-corrected chi connectivity index (χ2v) is 2.78. The number of nitrogens with zero attached hydrogens (tertiary/aromatic N) is 2. The molecular formula is C7H4F6N2O. The molecule has 3 nitrogen and oxygen atoms in total. The van der Waals surface area contributed by atoms with E-state index >= 15 is 0 Å². The molecule has 0 atom stereocenters. The summed E-state index contributed by atoms with van der Waals surface area (Å²) in [6.45, 7) is 0. The van der Waals surface area contributed by atoms with Crippen molar-refractivity contribution in [1.29, 1.82) is 0 Å². The SMILES string of the molecule is OC(c1ncccn1)(C(F)(F)F)C(F)(F)F. The first-order valence-electron chi connectivity index (χ1n) is 3.74. The van der Waals surface area contributed by atoms with Crippen LogP contribution in [0.5, 0.6) is 0 Å². The van der Waals surface area contributed by atoms with Gasteiger partial charge in [0.2, 0.25) is 0 Å². The lowest BCUT2D eigenvalue weighted by Gasteiger charge is -2.30. The molecule has 0 amide bonds. The Bertz CT molecular complexity index is 345. The van der Waals surface area contributed by atoms with E-state index in [0.717, 1.165) is 6.07 Å². The molecule has 1 N–H and O–H groups in total. The van der Waals surface area contributed by atoms with E-state index in [-0.39, 0.29) is 0 Å². The van der Waals surface area contributed by atoms with Gasteiger partial charge in [0.1, 0.15) is 0 Å². The third-order valence-electron chi connectivity index (χ3n) is 1.71. The number of alkyl halides is 6. The third-order valence-corrected chi connectivity index (χ3v) is 1.71. The van der Waals surface area contributed by atoms with Crippen molar-refractivity contribution in [2.24, 2.45) is 0 Å². The van der Waals surface area contributed by atoms with E-state index in [0.29, 0.717) is 12.4 Å². The van der Waals surface area contributed by atoms with Crippen LogP contribution in [0.2, 0.25) is 0 Å². The number of aromatic nitrogens is 2. The predicted octanol–water partition coefficient (Wildman–Crippen LogP) is 1.79. The maximum Gasteiger partial charge on any atom is 0.433 e. The molecule has 1 heterocycles. The minimum atomic E-state index is -5.95. The van der Waals surface area contributed by atoms with Crippen LogP contribution in [-0.4, -0.2) is 27.4 Å². The van der Waals surface area contributed by atoms with Gasteiger partial charge in [-0.2, -0.15) is 26.3 Å². The van der Waals surface area contributed by atoms with E-state index in [1.807, 2.05) is 0 Å². The van der Waals surface area contributed by atoms with E-state index in [1.165, 1.54) is 0 Å². The average Bonchev–Trinajstić information content (AvgIpc) is 2.14. The van der Waals surface area contributed by atoms with Crippen LogP contribution in [0, 0.1) is 0 Å². The van der Waals surface area contributed by atoms with Gasteiger partial charge in [0.25, 0.3) is 0 Å². The molecule has 90 valence electrons. The molecule has 0 unspecified atom stereocenters. The number of rotatable bonds is 1. The fourth-order valence-electron chi connectivity index (χ4n) is 0.900. The number of hydrogen-bond donors (Lipinski definition) is 1. The molecular weight excluding hydrogens is 242 g/mol. The molecule has 9 heteroatoms. The number of hydrogen-bond acceptors (Lipinski definition) is 3. The van der Waals surface area contributed by atoms with Gasteiger partial charge in [0, 0.05) is 12.4 Å². The van der Waals surface area contributed by atoms with Crippen LogP contribution in [0.3, 0.4) is 0 Å². The molecule has 0 aliphatic rings. The highest BCUT2D eigenvalue weighted by molar-refractivity contribution is 5.09. The Morgan fingerprint density at radius 2 is 1.25 bits per heavy atom. The summed E-state index contributed by atoms with van der Waals surface area (Å²) in [5, 5.41) is 8.78. The van der Waals surface area contributed by atoms with Gasteiger partial charge in [-0.3, -0.25) is 0 Å². The van der Waals surface area contributed by atoms with Crippen molar-refractivity contribution >= 4 is 0 Å². The minimum Gasteiger partial charge on any atom is -0.367 e. The fraction of sp³-hybridized carbons (Fsp3) is 0.429. The van der Waals surface area contributed by atoms with Crippen molar-refractivity contribution in [1.82, 2.24) is 9.97 Å². The summed E-state index contributed by atoms with van der Waals surface area (Å²) in [6.07, 6.45) is -10.6. The zero-order chi connectivity index (χ0) is 12.6. The van der Waals surface area contributed by atoms with E-state index in [4.69, 9.17) is 5.11 Å². The summed E-state index contributed by atoms with van der Waals surface area (Å²) in [5.41, 5.74) is -5.05. The monoisotopic (exact) mass is 246 g/mol. The van der Waals surface area contributed by atoms with Crippen LogP contribution < -0.4 is 0 Å². The van der Waals surface area contributed by atoms with Crippen molar-refractivity contribution in [3.63, 3.8) is 0 Å². The Labute approximate surface area is 84.8 Å². The Kier molecular flexibility index (Phi) is 2.84. The van der Waals surface area contributed by atoms with Gasteiger partial charge in [-0.1, -0.05) is 0 Å². The van der Waals surface area contributed by atoms with E-state index < -0.39 is 23.8 Å². The smallest absolute Gasteiger partial charge is 0.367 e. The second kappa shape index (κ2) is 3.58.